The van der Waals surface area contributed by atoms with Gasteiger partial charge in [0.1, 0.15) is 0 Å². The lowest BCUT2D eigenvalue weighted by molar-refractivity contribution is 0.102. The van der Waals surface area contributed by atoms with E-state index in [-0.39, 0.29) is 24.0 Å². The summed E-state index contributed by atoms with van der Waals surface area (Å²) in [6.45, 7) is 2.41. The smallest absolute Gasteiger partial charge is 0.255 e. The van der Waals surface area contributed by atoms with Crippen molar-refractivity contribution in [2.24, 2.45) is 0 Å². The summed E-state index contributed by atoms with van der Waals surface area (Å²) < 4.78 is 31.6. The summed E-state index contributed by atoms with van der Waals surface area (Å²) in [7, 11) is -2.13. The number of nitrogens with one attached hydrogen (secondary N) is 2. The zero-order valence-electron chi connectivity index (χ0n) is 16.0. The van der Waals surface area contributed by atoms with E-state index in [4.69, 9.17) is 4.74 Å². The topological polar surface area (TPSA) is 97.4 Å². The number of rotatable bonds is 8. The molecule has 1 aromatic heterocycles. The predicted molar refractivity (Wildman–Crippen MR) is 114 cm³/mol. The van der Waals surface area contributed by atoms with Crippen molar-refractivity contribution in [3.8, 4) is 11.3 Å². The van der Waals surface area contributed by atoms with Crippen molar-refractivity contribution >= 4 is 33.0 Å². The minimum absolute atomic E-state index is 0.0908. The number of aryl methyl sites for hydroxylation is 1. The average molecular weight is 432 g/mol. The van der Waals surface area contributed by atoms with Gasteiger partial charge in [-0.1, -0.05) is 12.1 Å². The lowest BCUT2D eigenvalue weighted by Crippen LogP contribution is -2.27. The first kappa shape index (κ1) is 21.1. The SMILES string of the molecule is COCCNS(=O)(=O)c1ccc(C(=O)Nc2ccc(-c3csc(C)n3)cc2)cc1. The lowest BCUT2D eigenvalue weighted by Gasteiger charge is -2.08. The number of sulfonamides is 1. The second kappa shape index (κ2) is 9.27. The molecule has 2 aromatic carbocycles. The van der Waals surface area contributed by atoms with E-state index in [1.807, 2.05) is 24.4 Å². The number of carbonyl (C=O) groups is 1. The number of ether oxygens (including phenoxy) is 1. The first-order valence-corrected chi connectivity index (χ1v) is 11.2. The number of hydrogen-bond donors (Lipinski definition) is 2. The van der Waals surface area contributed by atoms with Gasteiger partial charge in [-0.2, -0.15) is 0 Å². The summed E-state index contributed by atoms with van der Waals surface area (Å²) in [6.07, 6.45) is 0. The van der Waals surface area contributed by atoms with Crippen molar-refractivity contribution < 1.29 is 17.9 Å². The van der Waals surface area contributed by atoms with Gasteiger partial charge in [0.25, 0.3) is 5.91 Å². The van der Waals surface area contributed by atoms with Crippen molar-refractivity contribution in [1.82, 2.24) is 9.71 Å². The molecule has 0 aliphatic heterocycles. The van der Waals surface area contributed by atoms with Crippen LogP contribution in [0, 0.1) is 6.92 Å². The van der Waals surface area contributed by atoms with Crippen LogP contribution in [0.1, 0.15) is 15.4 Å². The van der Waals surface area contributed by atoms with Crippen molar-refractivity contribution in [1.29, 1.82) is 0 Å². The zero-order chi connectivity index (χ0) is 20.9. The van der Waals surface area contributed by atoms with Crippen LogP contribution < -0.4 is 10.0 Å². The zero-order valence-corrected chi connectivity index (χ0v) is 17.6. The maximum atomic E-state index is 12.4. The number of amides is 1. The number of anilines is 1. The predicted octanol–water partition coefficient (Wildman–Crippen LogP) is 3.30. The van der Waals surface area contributed by atoms with Crippen LogP contribution in [0.4, 0.5) is 5.69 Å². The number of nitrogens with zero attached hydrogens (tertiary/aromatic N) is 1. The number of carbonyl (C=O) groups excluding carboxylic acids is 1. The third-order valence-corrected chi connectivity index (χ3v) is 6.33. The molecule has 2 N–H and O–H groups in total. The van der Waals surface area contributed by atoms with Crippen molar-refractivity contribution in [2.75, 3.05) is 25.6 Å². The molecule has 0 aliphatic rings. The van der Waals surface area contributed by atoms with Crippen molar-refractivity contribution in [3.63, 3.8) is 0 Å². The standard InChI is InChI=1S/C20H21N3O4S2/c1-14-22-19(13-28-14)15-3-7-17(8-4-15)23-20(24)16-5-9-18(10-6-16)29(25,26)21-11-12-27-2/h3-10,13,21H,11-12H2,1-2H3,(H,23,24). The summed E-state index contributed by atoms with van der Waals surface area (Å²) in [5.74, 6) is -0.321. The Hall–Kier alpha value is -2.59. The molecule has 0 spiro atoms. The summed E-state index contributed by atoms with van der Waals surface area (Å²) in [5.41, 5.74) is 2.88. The van der Waals surface area contributed by atoms with Gasteiger partial charge in [0.05, 0.1) is 22.2 Å². The highest BCUT2D eigenvalue weighted by Crippen LogP contribution is 2.23. The molecule has 7 nitrogen and oxygen atoms in total. The largest absolute Gasteiger partial charge is 0.383 e. The maximum absolute atomic E-state index is 12.4. The number of methoxy groups -OCH3 is 1. The summed E-state index contributed by atoms with van der Waals surface area (Å²) in [4.78, 5) is 17.0. The van der Waals surface area contributed by atoms with Gasteiger partial charge in [-0.15, -0.1) is 11.3 Å². The van der Waals surface area contributed by atoms with Gasteiger partial charge in [-0.25, -0.2) is 18.1 Å². The number of benzene rings is 2. The maximum Gasteiger partial charge on any atom is 0.255 e. The van der Waals surface area contributed by atoms with Gasteiger partial charge in [0, 0.05) is 35.8 Å². The van der Waals surface area contributed by atoms with E-state index in [0.717, 1.165) is 16.3 Å². The molecular formula is C20H21N3O4S2. The highest BCUT2D eigenvalue weighted by Gasteiger charge is 2.14. The molecule has 0 unspecified atom stereocenters. The number of thiazole rings is 1. The van der Waals surface area contributed by atoms with E-state index in [0.29, 0.717) is 11.3 Å². The average Bonchev–Trinajstić information content (AvgIpc) is 3.15. The Morgan fingerprint density at radius 3 is 2.38 bits per heavy atom. The molecule has 29 heavy (non-hydrogen) atoms. The Kier molecular flexibility index (Phi) is 6.75. The van der Waals surface area contributed by atoms with Crippen LogP contribution in [0.25, 0.3) is 11.3 Å². The molecule has 0 atom stereocenters. The Morgan fingerprint density at radius 1 is 1.10 bits per heavy atom. The minimum atomic E-state index is -3.63. The number of hydrogen-bond acceptors (Lipinski definition) is 6. The molecular weight excluding hydrogens is 410 g/mol. The molecule has 1 heterocycles. The van der Waals surface area contributed by atoms with Gasteiger partial charge in [-0.05, 0) is 43.3 Å². The van der Waals surface area contributed by atoms with E-state index >= 15 is 0 Å². The van der Waals surface area contributed by atoms with Crippen LogP contribution in [-0.2, 0) is 14.8 Å². The Morgan fingerprint density at radius 2 is 1.79 bits per heavy atom. The monoisotopic (exact) mass is 431 g/mol. The van der Waals surface area contributed by atoms with E-state index in [1.165, 1.54) is 31.4 Å². The normalized spacial score (nSPS) is 11.4. The molecule has 9 heteroatoms. The first-order valence-electron chi connectivity index (χ1n) is 8.81. The highest BCUT2D eigenvalue weighted by atomic mass is 32.2. The van der Waals surface area contributed by atoms with E-state index in [9.17, 15) is 13.2 Å². The van der Waals surface area contributed by atoms with Crippen LogP contribution >= 0.6 is 11.3 Å². The Bertz CT molecular complexity index is 1080. The third-order valence-electron chi connectivity index (χ3n) is 4.08. The molecule has 3 rings (SSSR count). The summed E-state index contributed by atoms with van der Waals surface area (Å²) >= 11 is 1.59. The van der Waals surface area contributed by atoms with Crippen LogP contribution in [0.3, 0.4) is 0 Å². The lowest BCUT2D eigenvalue weighted by atomic mass is 10.1. The fraction of sp³-hybridized carbons (Fsp3) is 0.200. The summed E-state index contributed by atoms with van der Waals surface area (Å²) in [5, 5.41) is 5.79. The molecule has 0 radical (unpaired) electrons. The third kappa shape index (κ3) is 5.48. The van der Waals surface area contributed by atoms with Crippen molar-refractivity contribution in [2.45, 2.75) is 11.8 Å². The Balaban J connectivity index is 1.65. The van der Waals surface area contributed by atoms with Gasteiger partial charge < -0.3 is 10.1 Å². The second-order valence-electron chi connectivity index (χ2n) is 6.20. The van der Waals surface area contributed by atoms with E-state index < -0.39 is 10.0 Å². The molecule has 0 saturated carbocycles. The van der Waals surface area contributed by atoms with Crippen LogP contribution in [0.2, 0.25) is 0 Å². The fourth-order valence-corrected chi connectivity index (χ4v) is 4.21. The Labute approximate surface area is 173 Å². The molecule has 0 fully saturated rings. The fourth-order valence-electron chi connectivity index (χ4n) is 2.57. The molecule has 1 amide bonds. The first-order chi connectivity index (χ1) is 13.9. The van der Waals surface area contributed by atoms with Crippen LogP contribution in [-0.4, -0.2) is 39.6 Å². The molecule has 0 saturated heterocycles. The van der Waals surface area contributed by atoms with Crippen LogP contribution in [0.15, 0.2) is 58.8 Å². The minimum Gasteiger partial charge on any atom is -0.383 e. The van der Waals surface area contributed by atoms with Gasteiger partial charge in [-0.3, -0.25) is 4.79 Å². The van der Waals surface area contributed by atoms with E-state index in [1.54, 1.807) is 23.5 Å². The van der Waals surface area contributed by atoms with Gasteiger partial charge in [0.2, 0.25) is 10.0 Å². The molecule has 0 bridgehead atoms. The van der Waals surface area contributed by atoms with Gasteiger partial charge in [0.15, 0.2) is 0 Å². The van der Waals surface area contributed by atoms with E-state index in [2.05, 4.69) is 15.0 Å². The highest BCUT2D eigenvalue weighted by molar-refractivity contribution is 7.89. The second-order valence-corrected chi connectivity index (χ2v) is 9.03. The molecule has 0 aliphatic carbocycles. The van der Waals surface area contributed by atoms with Crippen LogP contribution in [0.5, 0.6) is 0 Å². The number of aromatic nitrogens is 1. The summed E-state index contributed by atoms with van der Waals surface area (Å²) in [6, 6.07) is 13.2. The molecule has 3 aromatic rings. The van der Waals surface area contributed by atoms with Gasteiger partial charge >= 0.3 is 0 Å². The molecule has 152 valence electrons. The van der Waals surface area contributed by atoms with Crippen molar-refractivity contribution in [3.05, 3.63) is 64.5 Å². The quantitative estimate of drug-likeness (QED) is 0.534.